The first-order valence-electron chi connectivity index (χ1n) is 6.88. The summed E-state index contributed by atoms with van der Waals surface area (Å²) in [6.45, 7) is 7.74. The predicted molar refractivity (Wildman–Crippen MR) is 74.9 cm³/mol. The zero-order chi connectivity index (χ0) is 12.8. The highest BCUT2D eigenvalue weighted by Crippen LogP contribution is 1.95. The molecule has 0 aromatic carbocycles. The van der Waals surface area contributed by atoms with Gasteiger partial charge in [-0.15, -0.1) is 0 Å². The second-order valence-corrected chi connectivity index (χ2v) is 4.37. The van der Waals surface area contributed by atoms with Crippen molar-refractivity contribution in [3.63, 3.8) is 0 Å². The van der Waals surface area contributed by atoms with Crippen molar-refractivity contribution in [3.05, 3.63) is 0 Å². The number of rotatable bonds is 13. The number of hydrogen-bond donors (Lipinski definition) is 4. The van der Waals surface area contributed by atoms with E-state index in [1.54, 1.807) is 0 Å². The third kappa shape index (κ3) is 12.1. The maximum absolute atomic E-state index is 5.54. The Kier molecular flexibility index (Phi) is 13.7. The summed E-state index contributed by atoms with van der Waals surface area (Å²) in [5, 5.41) is 3.40. The molecule has 0 aromatic rings. The molecule has 17 heavy (non-hydrogen) atoms. The van der Waals surface area contributed by atoms with Crippen LogP contribution in [0.4, 0.5) is 0 Å². The van der Waals surface area contributed by atoms with Crippen LogP contribution in [0.15, 0.2) is 0 Å². The van der Waals surface area contributed by atoms with Gasteiger partial charge in [-0.05, 0) is 78.0 Å². The molecule has 104 valence electrons. The molecular formula is C12H31N5. The van der Waals surface area contributed by atoms with Crippen molar-refractivity contribution < 1.29 is 0 Å². The molecule has 0 heterocycles. The van der Waals surface area contributed by atoms with Crippen molar-refractivity contribution in [2.45, 2.75) is 25.7 Å². The molecule has 0 saturated heterocycles. The Morgan fingerprint density at radius 2 is 1.12 bits per heavy atom. The lowest BCUT2D eigenvalue weighted by molar-refractivity contribution is 0.265. The Hall–Kier alpha value is -0.200. The lowest BCUT2D eigenvalue weighted by Crippen LogP contribution is -2.31. The average Bonchev–Trinajstić information content (AvgIpc) is 2.35. The largest absolute Gasteiger partial charge is 0.330 e. The lowest BCUT2D eigenvalue weighted by Gasteiger charge is -2.21. The molecule has 0 bridgehead atoms. The van der Waals surface area contributed by atoms with Crippen LogP contribution in [-0.4, -0.2) is 57.3 Å². The highest BCUT2D eigenvalue weighted by Gasteiger charge is 2.02. The smallest absolute Gasteiger partial charge is 0.000662 e. The second kappa shape index (κ2) is 13.9. The van der Waals surface area contributed by atoms with E-state index in [1.165, 1.54) is 6.42 Å². The van der Waals surface area contributed by atoms with Gasteiger partial charge in [-0.25, -0.2) is 0 Å². The Bertz CT molecular complexity index is 135. The summed E-state index contributed by atoms with van der Waals surface area (Å²) in [4.78, 5) is 2.46. The molecule has 0 amide bonds. The molecule has 0 atom stereocenters. The van der Waals surface area contributed by atoms with Gasteiger partial charge in [0.1, 0.15) is 0 Å². The van der Waals surface area contributed by atoms with Crippen molar-refractivity contribution in [1.82, 2.24) is 10.2 Å². The fourth-order valence-corrected chi connectivity index (χ4v) is 1.74. The molecule has 5 nitrogen and oxygen atoms in total. The van der Waals surface area contributed by atoms with E-state index < -0.39 is 0 Å². The zero-order valence-corrected chi connectivity index (χ0v) is 11.2. The fraction of sp³-hybridized carbons (Fsp3) is 1.00. The molecule has 0 aliphatic rings. The van der Waals surface area contributed by atoms with Gasteiger partial charge in [-0.2, -0.15) is 0 Å². The monoisotopic (exact) mass is 245 g/mol. The zero-order valence-electron chi connectivity index (χ0n) is 11.2. The minimum atomic E-state index is 0.770. The Labute approximate surface area is 106 Å². The van der Waals surface area contributed by atoms with E-state index >= 15 is 0 Å². The minimum Gasteiger partial charge on any atom is -0.330 e. The molecule has 0 radical (unpaired) electrons. The quantitative estimate of drug-likeness (QED) is 0.322. The number of hydrogen-bond acceptors (Lipinski definition) is 5. The molecule has 5 heteroatoms. The fourth-order valence-electron chi connectivity index (χ4n) is 1.74. The summed E-state index contributed by atoms with van der Waals surface area (Å²) in [5.74, 6) is 0. The van der Waals surface area contributed by atoms with E-state index in [9.17, 15) is 0 Å². The first-order chi connectivity index (χ1) is 8.35. The van der Waals surface area contributed by atoms with Gasteiger partial charge in [-0.1, -0.05) is 0 Å². The van der Waals surface area contributed by atoms with Crippen LogP contribution in [0.25, 0.3) is 0 Å². The minimum absolute atomic E-state index is 0.770. The van der Waals surface area contributed by atoms with E-state index in [4.69, 9.17) is 17.2 Å². The van der Waals surface area contributed by atoms with Crippen molar-refractivity contribution in [1.29, 1.82) is 0 Å². The van der Waals surface area contributed by atoms with Crippen LogP contribution in [0, 0.1) is 0 Å². The van der Waals surface area contributed by atoms with Gasteiger partial charge < -0.3 is 27.4 Å². The Morgan fingerprint density at radius 1 is 0.647 bits per heavy atom. The topological polar surface area (TPSA) is 93.3 Å². The van der Waals surface area contributed by atoms with Crippen LogP contribution in [0.2, 0.25) is 0 Å². The van der Waals surface area contributed by atoms with E-state index in [1.807, 2.05) is 0 Å². The number of nitrogens with zero attached hydrogens (tertiary/aromatic N) is 1. The summed E-state index contributed by atoms with van der Waals surface area (Å²) < 4.78 is 0. The molecule has 0 unspecified atom stereocenters. The van der Waals surface area contributed by atoms with Crippen LogP contribution in [0.1, 0.15) is 25.7 Å². The molecular weight excluding hydrogens is 214 g/mol. The van der Waals surface area contributed by atoms with Gasteiger partial charge in [0.25, 0.3) is 0 Å². The van der Waals surface area contributed by atoms with Gasteiger partial charge in [0.15, 0.2) is 0 Å². The molecule has 0 fully saturated rings. The summed E-state index contributed by atoms with van der Waals surface area (Å²) >= 11 is 0. The lowest BCUT2D eigenvalue weighted by atomic mass is 10.3. The summed E-state index contributed by atoms with van der Waals surface area (Å²) in [6, 6.07) is 0. The highest BCUT2D eigenvalue weighted by molar-refractivity contribution is 4.60. The van der Waals surface area contributed by atoms with Gasteiger partial charge >= 0.3 is 0 Å². The molecule has 0 aliphatic heterocycles. The SMILES string of the molecule is NCCCNCCCN(CCCN)CCCN. The number of nitrogens with two attached hydrogens (primary N) is 3. The van der Waals surface area contributed by atoms with Crippen molar-refractivity contribution in [3.8, 4) is 0 Å². The van der Waals surface area contributed by atoms with Gasteiger partial charge in [0.05, 0.1) is 0 Å². The maximum atomic E-state index is 5.54. The Morgan fingerprint density at radius 3 is 1.65 bits per heavy atom. The first kappa shape index (κ1) is 16.8. The normalized spacial score (nSPS) is 11.3. The molecule has 7 N–H and O–H groups in total. The molecule has 0 saturated carbocycles. The summed E-state index contributed by atoms with van der Waals surface area (Å²) in [6.07, 6.45) is 4.39. The Balaban J connectivity index is 3.45. The molecule has 0 spiro atoms. The standard InChI is InChI=1S/C12H31N5/c13-5-1-8-16-9-4-12-17(10-2-6-14)11-3-7-15/h16H,1-15H2. The maximum Gasteiger partial charge on any atom is -0.000662 e. The third-order valence-corrected chi connectivity index (χ3v) is 2.74. The van der Waals surface area contributed by atoms with Crippen molar-refractivity contribution in [2.75, 3.05) is 52.4 Å². The van der Waals surface area contributed by atoms with Gasteiger partial charge in [-0.3, -0.25) is 0 Å². The first-order valence-corrected chi connectivity index (χ1v) is 6.88. The van der Waals surface area contributed by atoms with E-state index in [0.717, 1.165) is 71.6 Å². The van der Waals surface area contributed by atoms with Gasteiger partial charge in [0, 0.05) is 0 Å². The number of nitrogens with one attached hydrogen (secondary N) is 1. The average molecular weight is 245 g/mol. The predicted octanol–water partition coefficient (Wildman–Crippen LogP) is -0.685. The second-order valence-electron chi connectivity index (χ2n) is 4.37. The third-order valence-electron chi connectivity index (χ3n) is 2.74. The van der Waals surface area contributed by atoms with Crippen LogP contribution >= 0.6 is 0 Å². The van der Waals surface area contributed by atoms with Crippen LogP contribution < -0.4 is 22.5 Å². The van der Waals surface area contributed by atoms with Crippen LogP contribution in [0.5, 0.6) is 0 Å². The van der Waals surface area contributed by atoms with Crippen molar-refractivity contribution in [2.24, 2.45) is 17.2 Å². The summed E-state index contributed by atoms with van der Waals surface area (Å²) in [5.41, 5.74) is 16.5. The summed E-state index contributed by atoms with van der Waals surface area (Å²) in [7, 11) is 0. The van der Waals surface area contributed by atoms with Gasteiger partial charge in [0.2, 0.25) is 0 Å². The highest BCUT2D eigenvalue weighted by atomic mass is 15.1. The molecule has 0 rings (SSSR count). The van der Waals surface area contributed by atoms with Crippen molar-refractivity contribution >= 4 is 0 Å². The molecule has 0 aromatic heterocycles. The van der Waals surface area contributed by atoms with Crippen LogP contribution in [-0.2, 0) is 0 Å². The van der Waals surface area contributed by atoms with E-state index in [0.29, 0.717) is 0 Å². The molecule has 0 aliphatic carbocycles. The van der Waals surface area contributed by atoms with E-state index in [2.05, 4.69) is 10.2 Å². The van der Waals surface area contributed by atoms with Crippen LogP contribution in [0.3, 0.4) is 0 Å². The van der Waals surface area contributed by atoms with E-state index in [-0.39, 0.29) is 0 Å².